The molecule has 2 rings (SSSR count). The van der Waals surface area contributed by atoms with Crippen LogP contribution in [-0.2, 0) is 18.4 Å². The Bertz CT molecular complexity index is 416. The smallest absolute Gasteiger partial charge is 0.310 e. The van der Waals surface area contributed by atoms with Crippen molar-refractivity contribution in [2.24, 2.45) is 12.5 Å². The van der Waals surface area contributed by atoms with Gasteiger partial charge in [0.2, 0.25) is 0 Å². The maximum atomic E-state index is 11.2. The van der Waals surface area contributed by atoms with Gasteiger partial charge in [0.25, 0.3) is 0 Å². The van der Waals surface area contributed by atoms with Crippen molar-refractivity contribution in [3.05, 3.63) is 18.2 Å². The van der Waals surface area contributed by atoms with Crippen molar-refractivity contribution >= 4 is 5.97 Å². The SMILES string of the molecule is Cn1ccnc1CN1CCCC(C)(C(=O)O)C1. The highest BCUT2D eigenvalue weighted by Gasteiger charge is 2.37. The molecule has 0 aliphatic carbocycles. The first kappa shape index (κ1) is 12.1. The summed E-state index contributed by atoms with van der Waals surface area (Å²) in [5.74, 6) is 0.293. The van der Waals surface area contributed by atoms with Gasteiger partial charge in [0.1, 0.15) is 5.82 Å². The van der Waals surface area contributed by atoms with Crippen molar-refractivity contribution in [2.45, 2.75) is 26.3 Å². The molecule has 5 nitrogen and oxygen atoms in total. The van der Waals surface area contributed by atoms with E-state index in [1.165, 1.54) is 0 Å². The van der Waals surface area contributed by atoms with Crippen molar-refractivity contribution < 1.29 is 9.90 Å². The molecule has 2 heterocycles. The van der Waals surface area contributed by atoms with Crippen LogP contribution >= 0.6 is 0 Å². The summed E-state index contributed by atoms with van der Waals surface area (Å²) in [5.41, 5.74) is -0.608. The number of aryl methyl sites for hydroxylation is 1. The number of hydrogen-bond acceptors (Lipinski definition) is 3. The summed E-state index contributed by atoms with van der Waals surface area (Å²) in [4.78, 5) is 17.7. The van der Waals surface area contributed by atoms with Crippen LogP contribution < -0.4 is 0 Å². The van der Waals surface area contributed by atoms with Gasteiger partial charge in [-0.15, -0.1) is 0 Å². The number of hydrogen-bond donors (Lipinski definition) is 1. The van der Waals surface area contributed by atoms with Gasteiger partial charge in [-0.05, 0) is 26.3 Å². The molecule has 1 aliphatic rings. The number of piperidine rings is 1. The maximum Gasteiger partial charge on any atom is 0.310 e. The van der Waals surface area contributed by atoms with Crippen LogP contribution in [0.1, 0.15) is 25.6 Å². The van der Waals surface area contributed by atoms with E-state index in [0.717, 1.165) is 31.8 Å². The van der Waals surface area contributed by atoms with Crippen LogP contribution in [0.25, 0.3) is 0 Å². The lowest BCUT2D eigenvalue weighted by Gasteiger charge is -2.37. The molecule has 1 saturated heterocycles. The maximum absolute atomic E-state index is 11.2. The zero-order chi connectivity index (χ0) is 12.5. The molecule has 1 aliphatic heterocycles. The van der Waals surface area contributed by atoms with Gasteiger partial charge < -0.3 is 9.67 Å². The molecule has 0 spiro atoms. The normalized spacial score (nSPS) is 26.0. The largest absolute Gasteiger partial charge is 0.481 e. The number of rotatable bonds is 3. The molecule has 0 aromatic carbocycles. The predicted molar refractivity (Wildman–Crippen MR) is 63.5 cm³/mol. The van der Waals surface area contributed by atoms with E-state index in [1.54, 1.807) is 6.20 Å². The van der Waals surface area contributed by atoms with Crippen LogP contribution in [0.4, 0.5) is 0 Å². The Kier molecular flexibility index (Phi) is 3.19. The standard InChI is InChI=1S/C12H19N3O2/c1-12(11(16)17)4-3-6-15(9-12)8-10-13-5-7-14(10)2/h5,7H,3-4,6,8-9H2,1-2H3,(H,16,17). The number of carboxylic acid groups (broad SMARTS) is 1. The van der Waals surface area contributed by atoms with E-state index < -0.39 is 11.4 Å². The molecule has 17 heavy (non-hydrogen) atoms. The van der Waals surface area contributed by atoms with Crippen molar-refractivity contribution in [1.82, 2.24) is 14.5 Å². The van der Waals surface area contributed by atoms with Gasteiger partial charge in [-0.2, -0.15) is 0 Å². The summed E-state index contributed by atoms with van der Waals surface area (Å²) in [6.45, 7) is 4.12. The summed E-state index contributed by atoms with van der Waals surface area (Å²) >= 11 is 0. The Hall–Kier alpha value is -1.36. The van der Waals surface area contributed by atoms with E-state index in [9.17, 15) is 9.90 Å². The lowest BCUT2D eigenvalue weighted by molar-refractivity contribution is -0.151. The zero-order valence-electron chi connectivity index (χ0n) is 10.4. The Morgan fingerprint density at radius 2 is 2.41 bits per heavy atom. The van der Waals surface area contributed by atoms with E-state index in [4.69, 9.17) is 0 Å². The molecule has 5 heteroatoms. The Morgan fingerprint density at radius 1 is 1.65 bits per heavy atom. The number of aromatic nitrogens is 2. The molecule has 0 radical (unpaired) electrons. The van der Waals surface area contributed by atoms with Gasteiger partial charge in [0.05, 0.1) is 12.0 Å². The van der Waals surface area contributed by atoms with Gasteiger partial charge in [-0.3, -0.25) is 9.69 Å². The highest BCUT2D eigenvalue weighted by molar-refractivity contribution is 5.74. The Labute approximate surface area is 101 Å². The minimum atomic E-state index is -0.693. The molecule has 1 atom stereocenters. The third-order valence-electron chi connectivity index (χ3n) is 3.58. The van der Waals surface area contributed by atoms with Crippen molar-refractivity contribution in [3.8, 4) is 0 Å². The topological polar surface area (TPSA) is 58.4 Å². The average Bonchev–Trinajstić information content (AvgIpc) is 2.64. The van der Waals surface area contributed by atoms with E-state index in [2.05, 4.69) is 9.88 Å². The highest BCUT2D eigenvalue weighted by atomic mass is 16.4. The second kappa shape index (κ2) is 4.49. The average molecular weight is 237 g/mol. The molecule has 0 saturated carbocycles. The second-order valence-corrected chi connectivity index (χ2v) is 5.13. The van der Waals surface area contributed by atoms with Crippen LogP contribution in [0.3, 0.4) is 0 Å². The minimum Gasteiger partial charge on any atom is -0.481 e. The molecule has 0 amide bonds. The zero-order valence-corrected chi connectivity index (χ0v) is 10.4. The summed E-state index contributed by atoms with van der Waals surface area (Å²) in [6, 6.07) is 0. The minimum absolute atomic E-state index is 0.606. The van der Waals surface area contributed by atoms with Gasteiger partial charge >= 0.3 is 5.97 Å². The monoisotopic (exact) mass is 237 g/mol. The summed E-state index contributed by atoms with van der Waals surface area (Å²) < 4.78 is 1.98. The molecular weight excluding hydrogens is 218 g/mol. The first-order chi connectivity index (χ1) is 8.01. The fourth-order valence-electron chi connectivity index (χ4n) is 2.40. The fourth-order valence-corrected chi connectivity index (χ4v) is 2.40. The lowest BCUT2D eigenvalue weighted by atomic mass is 9.82. The third-order valence-corrected chi connectivity index (χ3v) is 3.58. The van der Waals surface area contributed by atoms with Gasteiger partial charge in [-0.25, -0.2) is 4.98 Å². The number of nitrogens with zero attached hydrogens (tertiary/aromatic N) is 3. The summed E-state index contributed by atoms with van der Waals surface area (Å²) in [6.07, 6.45) is 5.39. The van der Waals surface area contributed by atoms with Crippen LogP contribution in [0.15, 0.2) is 12.4 Å². The molecule has 1 fully saturated rings. The Morgan fingerprint density at radius 3 is 3.00 bits per heavy atom. The molecule has 94 valence electrons. The number of carboxylic acids is 1. The summed E-state index contributed by atoms with van der Waals surface area (Å²) in [7, 11) is 1.96. The highest BCUT2D eigenvalue weighted by Crippen LogP contribution is 2.30. The Balaban J connectivity index is 2.03. The van der Waals surface area contributed by atoms with Gasteiger partial charge in [-0.1, -0.05) is 0 Å². The summed E-state index contributed by atoms with van der Waals surface area (Å²) in [5, 5.41) is 9.25. The van der Waals surface area contributed by atoms with Crippen LogP contribution in [-0.4, -0.2) is 38.6 Å². The molecule has 1 N–H and O–H groups in total. The molecular formula is C12H19N3O2. The number of aliphatic carboxylic acids is 1. The molecule has 1 aromatic heterocycles. The second-order valence-electron chi connectivity index (χ2n) is 5.13. The van der Waals surface area contributed by atoms with Crippen molar-refractivity contribution in [3.63, 3.8) is 0 Å². The molecule has 0 bridgehead atoms. The van der Waals surface area contributed by atoms with Gasteiger partial charge in [0, 0.05) is 26.0 Å². The van der Waals surface area contributed by atoms with Crippen molar-refractivity contribution in [2.75, 3.05) is 13.1 Å². The number of carbonyl (C=O) groups is 1. The van der Waals surface area contributed by atoms with Crippen LogP contribution in [0, 0.1) is 5.41 Å². The number of imidazole rings is 1. The van der Waals surface area contributed by atoms with Crippen LogP contribution in [0.2, 0.25) is 0 Å². The van der Waals surface area contributed by atoms with E-state index in [0.29, 0.717) is 6.54 Å². The van der Waals surface area contributed by atoms with Crippen molar-refractivity contribution in [1.29, 1.82) is 0 Å². The third kappa shape index (κ3) is 2.49. The first-order valence-electron chi connectivity index (χ1n) is 5.93. The lowest BCUT2D eigenvalue weighted by Crippen LogP contribution is -2.45. The number of likely N-dealkylation sites (tertiary alicyclic amines) is 1. The molecule has 1 aromatic rings. The van der Waals surface area contributed by atoms with E-state index in [-0.39, 0.29) is 0 Å². The molecule has 1 unspecified atom stereocenters. The van der Waals surface area contributed by atoms with Crippen LogP contribution in [0.5, 0.6) is 0 Å². The van der Waals surface area contributed by atoms with E-state index in [1.807, 2.05) is 24.7 Å². The predicted octanol–water partition coefficient (Wildman–Crippen LogP) is 1.11. The fraction of sp³-hybridized carbons (Fsp3) is 0.667. The first-order valence-corrected chi connectivity index (χ1v) is 5.93. The van der Waals surface area contributed by atoms with E-state index >= 15 is 0 Å². The van der Waals surface area contributed by atoms with Gasteiger partial charge in [0.15, 0.2) is 0 Å². The quantitative estimate of drug-likeness (QED) is 0.855.